The highest BCUT2D eigenvalue weighted by Gasteiger charge is 2.24. The van der Waals surface area contributed by atoms with Crippen LogP contribution in [-0.2, 0) is 12.8 Å². The molecule has 1 aliphatic carbocycles. The van der Waals surface area contributed by atoms with Gasteiger partial charge in [-0.05, 0) is 55.6 Å². The van der Waals surface area contributed by atoms with Crippen molar-refractivity contribution in [1.29, 1.82) is 0 Å². The minimum Gasteiger partial charge on any atom is -0.271 e. The number of unbranched alkanes of at least 4 members (excludes halogenated alkanes) is 3. The second kappa shape index (κ2) is 8.23. The quantitative estimate of drug-likeness (QED) is 0.327. The molecule has 0 bridgehead atoms. The molecule has 1 aromatic rings. The fourth-order valence-corrected chi connectivity index (χ4v) is 3.35. The first-order valence-corrected chi connectivity index (χ1v) is 7.99. The van der Waals surface area contributed by atoms with E-state index in [0.717, 1.165) is 6.42 Å². The Balaban J connectivity index is 1.82. The van der Waals surface area contributed by atoms with Crippen LogP contribution in [-0.4, -0.2) is 6.04 Å². The molecular weight excluding hydrogens is 244 g/mol. The van der Waals surface area contributed by atoms with Gasteiger partial charge in [-0.25, -0.2) is 0 Å². The molecule has 0 aliphatic heterocycles. The van der Waals surface area contributed by atoms with Crippen LogP contribution in [0.1, 0.15) is 49.7 Å². The van der Waals surface area contributed by atoms with Gasteiger partial charge in [-0.1, -0.05) is 43.2 Å². The van der Waals surface area contributed by atoms with E-state index in [1.54, 1.807) is 0 Å². The summed E-state index contributed by atoms with van der Waals surface area (Å²) in [6, 6.07) is 9.32. The Hall–Kier alpha value is -1.12. The maximum absolute atomic E-state index is 5.80. The number of hydrazine groups is 1. The zero-order chi connectivity index (χ0) is 14.2. The van der Waals surface area contributed by atoms with Crippen LogP contribution in [0.15, 0.2) is 36.9 Å². The van der Waals surface area contributed by atoms with Gasteiger partial charge in [-0.15, -0.1) is 6.58 Å². The number of allylic oxidation sites excluding steroid dienone is 1. The van der Waals surface area contributed by atoms with Crippen molar-refractivity contribution < 1.29 is 0 Å². The van der Waals surface area contributed by atoms with Crippen molar-refractivity contribution in [2.75, 3.05) is 0 Å². The zero-order valence-electron chi connectivity index (χ0n) is 12.5. The van der Waals surface area contributed by atoms with E-state index in [9.17, 15) is 0 Å². The third kappa shape index (κ3) is 4.19. The smallest absolute Gasteiger partial charge is 0.0242 e. The predicted molar refractivity (Wildman–Crippen MR) is 86.4 cm³/mol. The molecule has 0 amide bonds. The molecule has 0 saturated heterocycles. The van der Waals surface area contributed by atoms with Gasteiger partial charge in [0.2, 0.25) is 0 Å². The average Bonchev–Trinajstić information content (AvgIpc) is 2.50. The molecule has 0 heterocycles. The molecule has 0 radical (unpaired) electrons. The summed E-state index contributed by atoms with van der Waals surface area (Å²) in [5, 5.41) is 0. The van der Waals surface area contributed by atoms with Crippen molar-refractivity contribution in [1.82, 2.24) is 5.43 Å². The summed E-state index contributed by atoms with van der Waals surface area (Å²) >= 11 is 0. The summed E-state index contributed by atoms with van der Waals surface area (Å²) in [6.07, 6.45) is 11.8. The van der Waals surface area contributed by atoms with Crippen LogP contribution in [0.25, 0.3) is 0 Å². The van der Waals surface area contributed by atoms with Gasteiger partial charge in [0.15, 0.2) is 0 Å². The molecule has 1 aliphatic rings. The lowest BCUT2D eigenvalue weighted by molar-refractivity contribution is 0.301. The predicted octanol–water partition coefficient (Wildman–Crippen LogP) is 3.76. The molecule has 2 unspecified atom stereocenters. The Morgan fingerprint density at radius 1 is 1.25 bits per heavy atom. The van der Waals surface area contributed by atoms with Crippen LogP contribution in [0.5, 0.6) is 0 Å². The number of rotatable bonds is 8. The normalized spacial score (nSPS) is 19.4. The maximum Gasteiger partial charge on any atom is 0.0242 e. The van der Waals surface area contributed by atoms with Gasteiger partial charge in [0, 0.05) is 6.04 Å². The molecule has 2 nitrogen and oxygen atoms in total. The number of nitrogens with two attached hydrogens (primary N) is 1. The molecule has 0 fully saturated rings. The number of benzene rings is 1. The minimum absolute atomic E-state index is 0.465. The molecule has 3 N–H and O–H groups in total. The average molecular weight is 272 g/mol. The van der Waals surface area contributed by atoms with Gasteiger partial charge in [-0.2, -0.15) is 0 Å². The number of aryl methyl sites for hydroxylation is 1. The molecule has 0 saturated carbocycles. The van der Waals surface area contributed by atoms with Gasteiger partial charge >= 0.3 is 0 Å². The number of hydrogen-bond donors (Lipinski definition) is 2. The van der Waals surface area contributed by atoms with Gasteiger partial charge < -0.3 is 0 Å². The van der Waals surface area contributed by atoms with E-state index in [1.807, 2.05) is 6.08 Å². The maximum atomic E-state index is 5.80. The lowest BCUT2D eigenvalue weighted by Gasteiger charge is -2.31. The molecule has 1 aromatic carbocycles. The fourth-order valence-electron chi connectivity index (χ4n) is 3.35. The Labute approximate surface area is 123 Å². The van der Waals surface area contributed by atoms with E-state index in [0.29, 0.717) is 12.0 Å². The van der Waals surface area contributed by atoms with Crippen molar-refractivity contribution in [3.63, 3.8) is 0 Å². The number of hydrogen-bond acceptors (Lipinski definition) is 2. The van der Waals surface area contributed by atoms with Crippen molar-refractivity contribution in [3.8, 4) is 0 Å². The molecule has 0 spiro atoms. The lowest BCUT2D eigenvalue weighted by atomic mass is 9.79. The van der Waals surface area contributed by atoms with E-state index in [1.165, 1.54) is 56.1 Å². The Morgan fingerprint density at radius 2 is 2.05 bits per heavy atom. The fraction of sp³-hybridized carbons (Fsp3) is 0.556. The lowest BCUT2D eigenvalue weighted by Crippen LogP contribution is -2.42. The van der Waals surface area contributed by atoms with Crippen LogP contribution >= 0.6 is 0 Å². The van der Waals surface area contributed by atoms with Gasteiger partial charge in [-0.3, -0.25) is 11.3 Å². The summed E-state index contributed by atoms with van der Waals surface area (Å²) in [4.78, 5) is 0. The van der Waals surface area contributed by atoms with Crippen LogP contribution in [0.2, 0.25) is 0 Å². The molecule has 20 heavy (non-hydrogen) atoms. The Kier molecular flexibility index (Phi) is 6.28. The van der Waals surface area contributed by atoms with Crippen molar-refractivity contribution in [2.45, 2.75) is 57.4 Å². The van der Waals surface area contributed by atoms with Crippen LogP contribution < -0.4 is 11.3 Å². The first-order chi connectivity index (χ1) is 9.85. The van der Waals surface area contributed by atoms with Crippen molar-refractivity contribution in [2.24, 2.45) is 11.8 Å². The highest BCUT2D eigenvalue weighted by atomic mass is 15.2. The van der Waals surface area contributed by atoms with E-state index in [4.69, 9.17) is 5.84 Å². The van der Waals surface area contributed by atoms with Crippen molar-refractivity contribution >= 4 is 0 Å². The Morgan fingerprint density at radius 3 is 2.80 bits per heavy atom. The van der Waals surface area contributed by atoms with E-state index in [-0.39, 0.29) is 0 Å². The summed E-state index contributed by atoms with van der Waals surface area (Å²) in [5.41, 5.74) is 6.13. The SMILES string of the molecule is C=CCCCCCC(NN)C1CCc2ccccc2C1. The molecule has 0 aromatic heterocycles. The second-order valence-electron chi connectivity index (χ2n) is 5.97. The summed E-state index contributed by atoms with van der Waals surface area (Å²) < 4.78 is 0. The van der Waals surface area contributed by atoms with Crippen LogP contribution in [0, 0.1) is 5.92 Å². The highest BCUT2D eigenvalue weighted by molar-refractivity contribution is 5.29. The summed E-state index contributed by atoms with van der Waals surface area (Å²) in [7, 11) is 0. The third-order valence-corrected chi connectivity index (χ3v) is 4.59. The largest absolute Gasteiger partial charge is 0.271 e. The first-order valence-electron chi connectivity index (χ1n) is 7.99. The van der Waals surface area contributed by atoms with Crippen molar-refractivity contribution in [3.05, 3.63) is 48.0 Å². The van der Waals surface area contributed by atoms with E-state index < -0.39 is 0 Å². The standard InChI is InChI=1S/C18H28N2/c1-2-3-4-5-6-11-18(20-19)17-13-12-15-9-7-8-10-16(15)14-17/h2,7-10,17-18,20H,1,3-6,11-14,19H2. The molecular formula is C18H28N2. The zero-order valence-corrected chi connectivity index (χ0v) is 12.5. The molecule has 2 heteroatoms. The number of fused-ring (bicyclic) bond motifs is 1. The minimum atomic E-state index is 0.465. The highest BCUT2D eigenvalue weighted by Crippen LogP contribution is 2.29. The molecule has 110 valence electrons. The molecule has 2 atom stereocenters. The summed E-state index contributed by atoms with van der Waals surface area (Å²) in [6.45, 7) is 3.77. The topological polar surface area (TPSA) is 38.0 Å². The van der Waals surface area contributed by atoms with Gasteiger partial charge in [0.05, 0.1) is 0 Å². The third-order valence-electron chi connectivity index (χ3n) is 4.59. The van der Waals surface area contributed by atoms with E-state index in [2.05, 4.69) is 36.3 Å². The number of nitrogens with one attached hydrogen (secondary N) is 1. The van der Waals surface area contributed by atoms with Gasteiger partial charge in [0.1, 0.15) is 0 Å². The monoisotopic (exact) mass is 272 g/mol. The van der Waals surface area contributed by atoms with E-state index >= 15 is 0 Å². The van der Waals surface area contributed by atoms with Crippen LogP contribution in [0.4, 0.5) is 0 Å². The molecule has 2 rings (SSSR count). The Bertz CT molecular complexity index is 414. The summed E-state index contributed by atoms with van der Waals surface area (Å²) in [5.74, 6) is 6.49. The second-order valence-corrected chi connectivity index (χ2v) is 5.97. The first kappa shape index (κ1) is 15.3. The van der Waals surface area contributed by atoms with Crippen LogP contribution in [0.3, 0.4) is 0 Å². The van der Waals surface area contributed by atoms with Gasteiger partial charge in [0.25, 0.3) is 0 Å².